The predicted octanol–water partition coefficient (Wildman–Crippen LogP) is 8.56. The Bertz CT molecular complexity index is 2810. The van der Waals surface area contributed by atoms with Gasteiger partial charge in [-0.05, 0) is 61.7 Å². The van der Waals surface area contributed by atoms with Crippen molar-refractivity contribution in [2.24, 2.45) is 0 Å². The fraction of sp³-hybridized carbons (Fsp3) is 0. The summed E-state index contributed by atoms with van der Waals surface area (Å²) in [5.74, 6) is -4.93. The van der Waals surface area contributed by atoms with Crippen molar-refractivity contribution in [2.45, 2.75) is 0 Å². The molecule has 8 aromatic carbocycles. The number of benzene rings is 8. The zero-order chi connectivity index (χ0) is 33.0. The fourth-order valence-corrected chi connectivity index (χ4v) is 7.28. The molecule has 48 heavy (non-hydrogen) atoms. The van der Waals surface area contributed by atoms with Gasteiger partial charge in [0.05, 0.1) is 5.39 Å². The van der Waals surface area contributed by atoms with Crippen molar-refractivity contribution in [2.75, 3.05) is 0 Å². The van der Waals surface area contributed by atoms with Crippen molar-refractivity contribution in [3.05, 3.63) is 103 Å². The maximum absolute atomic E-state index is 11.5. The highest BCUT2D eigenvalue weighted by atomic mass is 16.3. The fourth-order valence-electron chi connectivity index (χ4n) is 7.28. The van der Waals surface area contributed by atoms with Gasteiger partial charge in [0.15, 0.2) is 23.0 Å². The summed E-state index contributed by atoms with van der Waals surface area (Å²) in [5.41, 5.74) is 3.06. The molecule has 0 spiro atoms. The van der Waals surface area contributed by atoms with Crippen LogP contribution in [0.15, 0.2) is 108 Å². The van der Waals surface area contributed by atoms with E-state index in [4.69, 9.17) is 12.3 Å². The highest BCUT2D eigenvalue weighted by Crippen LogP contribution is 2.58. The zero-order valence-electron chi connectivity index (χ0n) is 25.0. The smallest absolute Gasteiger partial charge is 0.201 e. The van der Waals surface area contributed by atoms with E-state index in [2.05, 4.69) is 24.3 Å². The Balaban J connectivity index is 1.43. The van der Waals surface area contributed by atoms with E-state index in [1.807, 2.05) is 78.9 Å². The number of aromatic hydroxyl groups is 6. The molecular weight excluding hydrogens is 603 g/mol. The maximum Gasteiger partial charge on any atom is 0.201 e. The first-order chi connectivity index (χ1) is 23.3. The molecule has 7 nitrogen and oxygen atoms in total. The summed E-state index contributed by atoms with van der Waals surface area (Å²) in [6.07, 6.45) is 0. The van der Waals surface area contributed by atoms with Crippen LogP contribution < -0.4 is 5.46 Å². The van der Waals surface area contributed by atoms with Gasteiger partial charge in [-0.1, -0.05) is 84.9 Å². The van der Waals surface area contributed by atoms with E-state index >= 15 is 0 Å². The normalized spacial score (nSPS) is 11.9. The SMILES string of the molecule is [B]c1c(O)c(O)c2c(-c3c4ccccc4c(-c4ccc5oc6c7ccccc7ccc6c5c4)c4ccccc34)c(O)c(O)c(O)c2c1O. The van der Waals surface area contributed by atoms with Gasteiger partial charge in [-0.25, -0.2) is 0 Å². The molecule has 0 aliphatic carbocycles. The van der Waals surface area contributed by atoms with Crippen LogP contribution >= 0.6 is 0 Å². The Morgan fingerprint density at radius 1 is 0.417 bits per heavy atom. The molecule has 9 rings (SSSR count). The second-order valence-electron chi connectivity index (χ2n) is 11.9. The molecule has 8 heteroatoms. The average molecular weight is 626 g/mol. The quantitative estimate of drug-likeness (QED) is 0.0490. The van der Waals surface area contributed by atoms with E-state index in [1.54, 1.807) is 0 Å². The molecule has 0 atom stereocenters. The molecule has 228 valence electrons. The number of hydrogen-bond donors (Lipinski definition) is 6. The Kier molecular flexibility index (Phi) is 5.63. The molecule has 0 amide bonds. The predicted molar refractivity (Wildman–Crippen MR) is 190 cm³/mol. The third-order valence-corrected chi connectivity index (χ3v) is 9.46. The van der Waals surface area contributed by atoms with Crippen LogP contribution in [0.25, 0.3) is 87.3 Å². The molecule has 0 saturated carbocycles. The van der Waals surface area contributed by atoms with Crippen LogP contribution in [-0.2, 0) is 0 Å². The number of phenolic OH excluding ortho intramolecular Hbond substituents is 6. The van der Waals surface area contributed by atoms with Gasteiger partial charge in [0.25, 0.3) is 0 Å². The first-order valence-electron chi connectivity index (χ1n) is 15.2. The number of rotatable bonds is 2. The van der Waals surface area contributed by atoms with Crippen molar-refractivity contribution in [3.63, 3.8) is 0 Å². The second kappa shape index (κ2) is 9.73. The van der Waals surface area contributed by atoms with E-state index in [-0.39, 0.29) is 10.9 Å². The summed E-state index contributed by atoms with van der Waals surface area (Å²) in [5, 5.41) is 72.1. The summed E-state index contributed by atoms with van der Waals surface area (Å²) < 4.78 is 6.38. The molecule has 0 unspecified atom stereocenters. The molecule has 6 N–H and O–H groups in total. The summed E-state index contributed by atoms with van der Waals surface area (Å²) in [6, 6.07) is 33.3. The first-order valence-corrected chi connectivity index (χ1v) is 15.2. The van der Waals surface area contributed by atoms with Gasteiger partial charge < -0.3 is 35.1 Å². The van der Waals surface area contributed by atoms with Gasteiger partial charge >= 0.3 is 0 Å². The minimum absolute atomic E-state index is 0.106. The first kappa shape index (κ1) is 27.7. The van der Waals surface area contributed by atoms with Gasteiger partial charge in [-0.3, -0.25) is 0 Å². The van der Waals surface area contributed by atoms with Gasteiger partial charge in [0.2, 0.25) is 5.75 Å². The maximum atomic E-state index is 11.5. The lowest BCUT2D eigenvalue weighted by atomic mass is 9.82. The lowest BCUT2D eigenvalue weighted by Gasteiger charge is -2.22. The van der Waals surface area contributed by atoms with E-state index in [0.29, 0.717) is 16.3 Å². The van der Waals surface area contributed by atoms with E-state index in [9.17, 15) is 30.6 Å². The number of furan rings is 1. The third kappa shape index (κ3) is 3.54. The number of hydrogen-bond acceptors (Lipinski definition) is 7. The minimum Gasteiger partial charge on any atom is -0.508 e. The largest absolute Gasteiger partial charge is 0.508 e. The van der Waals surface area contributed by atoms with Crippen molar-refractivity contribution >= 4 is 78.3 Å². The third-order valence-electron chi connectivity index (χ3n) is 9.46. The topological polar surface area (TPSA) is 135 Å². The number of phenols is 6. The molecule has 2 radical (unpaired) electrons. The van der Waals surface area contributed by atoms with Crippen LogP contribution in [0.3, 0.4) is 0 Å². The molecule has 1 aromatic heterocycles. The Hall–Kier alpha value is -6.54. The minimum atomic E-state index is -0.917. The average Bonchev–Trinajstić information content (AvgIpc) is 3.50. The lowest BCUT2D eigenvalue weighted by Crippen LogP contribution is -2.05. The van der Waals surface area contributed by atoms with Crippen LogP contribution in [0.5, 0.6) is 34.5 Å². The molecule has 0 bridgehead atoms. The van der Waals surface area contributed by atoms with Crippen molar-refractivity contribution in [1.82, 2.24) is 0 Å². The molecule has 1 heterocycles. The monoisotopic (exact) mass is 626 g/mol. The van der Waals surface area contributed by atoms with Crippen molar-refractivity contribution in [1.29, 1.82) is 0 Å². The summed E-state index contributed by atoms with van der Waals surface area (Å²) >= 11 is 0. The van der Waals surface area contributed by atoms with Gasteiger partial charge in [0, 0.05) is 32.7 Å². The molecule has 9 aromatic rings. The molecule has 0 aliphatic rings. The van der Waals surface area contributed by atoms with Gasteiger partial charge in [0.1, 0.15) is 24.8 Å². The van der Waals surface area contributed by atoms with E-state index < -0.39 is 45.3 Å². The number of fused-ring (bicyclic) bond motifs is 8. The van der Waals surface area contributed by atoms with E-state index in [0.717, 1.165) is 54.6 Å². The van der Waals surface area contributed by atoms with Crippen LogP contribution in [0, 0.1) is 0 Å². The van der Waals surface area contributed by atoms with Crippen molar-refractivity contribution in [3.8, 4) is 56.8 Å². The molecule has 0 aliphatic heterocycles. The zero-order valence-corrected chi connectivity index (χ0v) is 25.0. The second-order valence-corrected chi connectivity index (χ2v) is 11.9. The van der Waals surface area contributed by atoms with Gasteiger partial charge in [-0.15, -0.1) is 0 Å². The Morgan fingerprint density at radius 3 is 1.67 bits per heavy atom. The van der Waals surface area contributed by atoms with E-state index in [1.165, 1.54) is 0 Å². The van der Waals surface area contributed by atoms with Crippen molar-refractivity contribution < 1.29 is 35.1 Å². The van der Waals surface area contributed by atoms with Crippen LogP contribution in [0.2, 0.25) is 0 Å². The van der Waals surface area contributed by atoms with Crippen LogP contribution in [0.4, 0.5) is 0 Å². The molecule has 0 fully saturated rings. The summed E-state index contributed by atoms with van der Waals surface area (Å²) in [4.78, 5) is 0. The van der Waals surface area contributed by atoms with Crippen LogP contribution in [0.1, 0.15) is 0 Å². The lowest BCUT2D eigenvalue weighted by molar-refractivity contribution is 0.370. The standard InChI is InChI=1S/C40H23BO7/c41-33-34(42)32-31(35(43)38(33)46)30(36(44)39(47)37(32)45)29-23-11-5-3-9-21(23)28(22-10-4-6-12-24(22)29)19-14-16-27-26(17-19)25-15-13-18-7-1-2-8-20(18)40(25)48-27/h1-17,42-47H. The molecule has 0 saturated heterocycles. The molecular formula is C40H23BO7. The highest BCUT2D eigenvalue weighted by molar-refractivity contribution is 6.39. The Labute approximate surface area is 272 Å². The summed E-state index contributed by atoms with van der Waals surface area (Å²) in [7, 11) is 5.83. The van der Waals surface area contributed by atoms with Crippen LogP contribution in [-0.4, -0.2) is 38.5 Å². The highest BCUT2D eigenvalue weighted by Gasteiger charge is 2.30. The summed E-state index contributed by atoms with van der Waals surface area (Å²) in [6.45, 7) is 0. The van der Waals surface area contributed by atoms with Gasteiger partial charge in [-0.2, -0.15) is 0 Å². The Morgan fingerprint density at radius 2 is 1.00 bits per heavy atom.